The number of aromatic amines is 2. The molecule has 0 atom stereocenters. The van der Waals surface area contributed by atoms with Gasteiger partial charge in [-0.1, -0.05) is 19.3 Å². The number of aromatic nitrogens is 7. The Kier molecular flexibility index (Phi) is 5.66. The third-order valence-corrected chi connectivity index (χ3v) is 7.84. The van der Waals surface area contributed by atoms with Crippen LogP contribution in [-0.2, 0) is 4.79 Å². The third-order valence-electron chi connectivity index (χ3n) is 7.16. The normalized spacial score (nSPS) is 14.3. The molecule has 0 bridgehead atoms. The lowest BCUT2D eigenvalue weighted by molar-refractivity contribution is -0.120. The second-order valence-corrected chi connectivity index (χ2v) is 10.4. The summed E-state index contributed by atoms with van der Waals surface area (Å²) in [6.45, 7) is 0. The van der Waals surface area contributed by atoms with Gasteiger partial charge in [0.1, 0.15) is 11.2 Å². The Bertz CT molecular complexity index is 1760. The SMILES string of the molecule is O=C(Nc1cncc(-c2cnc3n[nH]c(-c4nc5c(-c6ccsc6)nccc5[nH]4)c3c2)c1)C1CCCCC1. The number of nitrogens with zero attached hydrogens (tertiary/aromatic N) is 5. The maximum Gasteiger partial charge on any atom is 0.227 e. The van der Waals surface area contributed by atoms with Crippen LogP contribution >= 0.6 is 11.3 Å². The van der Waals surface area contributed by atoms with Crippen LogP contribution in [0, 0.1) is 5.92 Å². The van der Waals surface area contributed by atoms with Crippen molar-refractivity contribution >= 4 is 45.0 Å². The first-order valence-corrected chi connectivity index (χ1v) is 13.7. The largest absolute Gasteiger partial charge is 0.337 e. The van der Waals surface area contributed by atoms with Gasteiger partial charge in [0.2, 0.25) is 5.91 Å². The number of hydrogen-bond donors (Lipinski definition) is 3. The van der Waals surface area contributed by atoms with Crippen molar-refractivity contribution in [2.45, 2.75) is 32.1 Å². The van der Waals surface area contributed by atoms with Gasteiger partial charge in [0.15, 0.2) is 11.5 Å². The van der Waals surface area contributed by atoms with Crippen molar-refractivity contribution in [3.63, 3.8) is 0 Å². The summed E-state index contributed by atoms with van der Waals surface area (Å²) in [4.78, 5) is 34.6. The highest BCUT2D eigenvalue weighted by Gasteiger charge is 2.21. The van der Waals surface area contributed by atoms with E-state index in [1.165, 1.54) is 6.42 Å². The average molecular weight is 521 g/mol. The van der Waals surface area contributed by atoms with Gasteiger partial charge in [-0.05, 0) is 42.5 Å². The maximum atomic E-state index is 12.8. The number of hydrogen-bond acceptors (Lipinski definition) is 7. The standard InChI is InChI=1S/C28H24N8OS/c37-28(16-4-2-1-3-5-16)32-20-10-18(12-29-14-20)19-11-21-24(35-36-26(21)31-13-19)27-33-22-6-8-30-23(25(22)34-27)17-7-9-38-15-17/h6-16H,1-5H2,(H,32,37)(H,33,34)(H,31,35,36). The molecule has 10 heteroatoms. The fraction of sp³-hybridized carbons (Fsp3) is 0.214. The van der Waals surface area contributed by atoms with Gasteiger partial charge in [-0.3, -0.25) is 19.9 Å². The van der Waals surface area contributed by atoms with Crippen LogP contribution in [-0.4, -0.2) is 41.0 Å². The second-order valence-electron chi connectivity index (χ2n) is 9.63. The van der Waals surface area contributed by atoms with E-state index in [0.717, 1.165) is 70.2 Å². The van der Waals surface area contributed by atoms with Gasteiger partial charge in [-0.25, -0.2) is 9.97 Å². The molecule has 0 aromatic carbocycles. The molecular formula is C28H24N8OS. The van der Waals surface area contributed by atoms with Gasteiger partial charge in [0.05, 0.1) is 28.5 Å². The molecule has 0 spiro atoms. The lowest BCUT2D eigenvalue weighted by Gasteiger charge is -2.20. The Hall–Kier alpha value is -4.44. The quantitative estimate of drug-likeness (QED) is 0.248. The molecule has 1 aliphatic carbocycles. The number of fused-ring (bicyclic) bond motifs is 2. The topological polar surface area (TPSA) is 125 Å². The monoisotopic (exact) mass is 520 g/mol. The highest BCUT2D eigenvalue weighted by atomic mass is 32.1. The number of nitrogens with one attached hydrogen (secondary N) is 3. The van der Waals surface area contributed by atoms with E-state index in [9.17, 15) is 4.79 Å². The third kappa shape index (κ3) is 4.12. The molecule has 38 heavy (non-hydrogen) atoms. The summed E-state index contributed by atoms with van der Waals surface area (Å²) in [6, 6.07) is 7.93. The zero-order valence-corrected chi connectivity index (χ0v) is 21.3. The number of imidazole rings is 1. The first kappa shape index (κ1) is 22.7. The summed E-state index contributed by atoms with van der Waals surface area (Å²) in [5.74, 6) is 0.825. The molecule has 0 unspecified atom stereocenters. The lowest BCUT2D eigenvalue weighted by Crippen LogP contribution is -2.24. The molecule has 0 radical (unpaired) electrons. The smallest absolute Gasteiger partial charge is 0.227 e. The number of thiophene rings is 1. The van der Waals surface area contributed by atoms with Crippen molar-refractivity contribution < 1.29 is 4.79 Å². The zero-order chi connectivity index (χ0) is 25.5. The second kappa shape index (κ2) is 9.46. The summed E-state index contributed by atoms with van der Waals surface area (Å²) in [5, 5.41) is 15.5. The molecular weight excluding hydrogens is 496 g/mol. The van der Waals surface area contributed by atoms with Crippen molar-refractivity contribution in [2.24, 2.45) is 5.92 Å². The van der Waals surface area contributed by atoms with Crippen LogP contribution in [0.5, 0.6) is 0 Å². The van der Waals surface area contributed by atoms with Gasteiger partial charge in [0, 0.05) is 46.6 Å². The number of amides is 1. The highest BCUT2D eigenvalue weighted by molar-refractivity contribution is 7.08. The minimum Gasteiger partial charge on any atom is -0.337 e. The molecule has 6 aromatic heterocycles. The molecule has 1 aliphatic rings. The van der Waals surface area contributed by atoms with Crippen molar-refractivity contribution in [1.82, 2.24) is 35.1 Å². The van der Waals surface area contributed by atoms with Gasteiger partial charge >= 0.3 is 0 Å². The van der Waals surface area contributed by atoms with Crippen molar-refractivity contribution in [3.8, 4) is 33.9 Å². The number of rotatable bonds is 5. The summed E-state index contributed by atoms with van der Waals surface area (Å²) in [5.41, 5.74) is 7.35. The summed E-state index contributed by atoms with van der Waals surface area (Å²) in [6.07, 6.45) is 12.4. The number of carbonyl (C=O) groups excluding carboxylic acids is 1. The van der Waals surface area contributed by atoms with Crippen molar-refractivity contribution in [3.05, 3.63) is 59.8 Å². The fourth-order valence-electron chi connectivity index (χ4n) is 5.18. The molecule has 6 heterocycles. The number of pyridine rings is 3. The predicted octanol–water partition coefficient (Wildman–Crippen LogP) is 6.21. The number of carbonyl (C=O) groups is 1. The van der Waals surface area contributed by atoms with Crippen molar-refractivity contribution in [1.29, 1.82) is 0 Å². The molecule has 9 nitrogen and oxygen atoms in total. The fourth-order valence-corrected chi connectivity index (χ4v) is 5.82. The van der Waals surface area contributed by atoms with Gasteiger partial charge in [-0.2, -0.15) is 16.4 Å². The van der Waals surface area contributed by atoms with Crippen LogP contribution in [0.15, 0.2) is 59.8 Å². The highest BCUT2D eigenvalue weighted by Crippen LogP contribution is 2.32. The van der Waals surface area contributed by atoms with E-state index in [1.54, 1.807) is 36.1 Å². The Morgan fingerprint density at radius 3 is 2.76 bits per heavy atom. The van der Waals surface area contributed by atoms with E-state index in [4.69, 9.17) is 4.98 Å². The minimum atomic E-state index is 0.0792. The van der Waals surface area contributed by atoms with Gasteiger partial charge in [0.25, 0.3) is 0 Å². The summed E-state index contributed by atoms with van der Waals surface area (Å²) < 4.78 is 0. The maximum absolute atomic E-state index is 12.8. The van der Waals surface area contributed by atoms with E-state index in [-0.39, 0.29) is 11.8 Å². The molecule has 7 rings (SSSR count). The van der Waals surface area contributed by atoms with Crippen LogP contribution in [0.3, 0.4) is 0 Å². The molecule has 188 valence electrons. The molecule has 1 amide bonds. The van der Waals surface area contributed by atoms with E-state index < -0.39 is 0 Å². The van der Waals surface area contributed by atoms with E-state index in [0.29, 0.717) is 17.2 Å². The summed E-state index contributed by atoms with van der Waals surface area (Å²) >= 11 is 1.63. The van der Waals surface area contributed by atoms with Crippen LogP contribution in [0.1, 0.15) is 32.1 Å². The van der Waals surface area contributed by atoms with Crippen LogP contribution < -0.4 is 5.32 Å². The first-order chi connectivity index (χ1) is 18.7. The Morgan fingerprint density at radius 2 is 1.89 bits per heavy atom. The van der Waals surface area contributed by atoms with Crippen LogP contribution in [0.25, 0.3) is 56.0 Å². The number of anilines is 1. The molecule has 1 fully saturated rings. The number of H-pyrrole nitrogens is 2. The molecule has 1 saturated carbocycles. The van der Waals surface area contributed by atoms with Crippen LogP contribution in [0.4, 0.5) is 5.69 Å². The van der Waals surface area contributed by atoms with E-state index in [1.807, 2.05) is 29.6 Å². The van der Waals surface area contributed by atoms with Crippen LogP contribution in [0.2, 0.25) is 0 Å². The summed E-state index contributed by atoms with van der Waals surface area (Å²) in [7, 11) is 0. The Morgan fingerprint density at radius 1 is 1.00 bits per heavy atom. The predicted molar refractivity (Wildman–Crippen MR) is 149 cm³/mol. The van der Waals surface area contributed by atoms with Crippen molar-refractivity contribution in [2.75, 3.05) is 5.32 Å². The Balaban J connectivity index is 1.23. The van der Waals surface area contributed by atoms with Gasteiger partial charge < -0.3 is 10.3 Å². The van der Waals surface area contributed by atoms with Gasteiger partial charge in [-0.15, -0.1) is 0 Å². The molecule has 0 saturated heterocycles. The lowest BCUT2D eigenvalue weighted by atomic mass is 9.88. The average Bonchev–Trinajstić information content (AvgIpc) is 3.73. The zero-order valence-electron chi connectivity index (χ0n) is 20.4. The van der Waals surface area contributed by atoms with E-state index >= 15 is 0 Å². The molecule has 6 aromatic rings. The Labute approximate surface area is 221 Å². The first-order valence-electron chi connectivity index (χ1n) is 12.7. The molecule has 0 aliphatic heterocycles. The van der Waals surface area contributed by atoms with E-state index in [2.05, 4.69) is 40.8 Å². The molecule has 3 N–H and O–H groups in total. The minimum absolute atomic E-state index is 0.0792.